The number of nitrogens with zero attached hydrogens (tertiary/aromatic N) is 6. The quantitative estimate of drug-likeness (QED) is 0.620. The molecule has 5 rings (SSSR count). The second-order valence-corrected chi connectivity index (χ2v) is 10.2. The molecular formula is C23H27F3N8O. The SMILES string of the molecule is CC1(OC2=CCC(N)C(C(=N)c3cc(N4Cc5nnc(C(F)(F)F)n5C(C)(C)C4)ncn3)=C2)CC1. The molecule has 1 fully saturated rings. The molecule has 1 atom stereocenters. The van der Waals surface area contributed by atoms with Crippen LogP contribution >= 0.6 is 0 Å². The number of fused-ring (bicyclic) bond motifs is 1. The van der Waals surface area contributed by atoms with Crippen LogP contribution in [0.15, 0.2) is 35.9 Å². The fourth-order valence-corrected chi connectivity index (χ4v) is 4.55. The topological polar surface area (TPSA) is 119 Å². The zero-order chi connectivity index (χ0) is 25.2. The van der Waals surface area contributed by atoms with Crippen LogP contribution in [0.4, 0.5) is 19.0 Å². The van der Waals surface area contributed by atoms with Gasteiger partial charge in [0, 0.05) is 18.7 Å². The minimum Gasteiger partial charge on any atom is -0.488 e. The Balaban J connectivity index is 1.41. The van der Waals surface area contributed by atoms with E-state index >= 15 is 0 Å². The number of alkyl halides is 3. The largest absolute Gasteiger partial charge is 0.488 e. The van der Waals surface area contributed by atoms with E-state index < -0.39 is 17.5 Å². The third-order valence-corrected chi connectivity index (χ3v) is 6.61. The Bertz CT molecular complexity index is 1240. The van der Waals surface area contributed by atoms with Crippen LogP contribution in [0.25, 0.3) is 0 Å². The lowest BCUT2D eigenvalue weighted by Crippen LogP contribution is -2.48. The van der Waals surface area contributed by atoms with Gasteiger partial charge in [-0.15, -0.1) is 10.2 Å². The predicted octanol–water partition coefficient (Wildman–Crippen LogP) is 3.32. The number of anilines is 1. The molecule has 3 heterocycles. The van der Waals surface area contributed by atoms with Gasteiger partial charge in [0.1, 0.15) is 23.5 Å². The van der Waals surface area contributed by atoms with Crippen molar-refractivity contribution in [2.75, 3.05) is 11.4 Å². The highest BCUT2D eigenvalue weighted by molar-refractivity contribution is 6.10. The molecule has 3 aliphatic rings. The van der Waals surface area contributed by atoms with Gasteiger partial charge >= 0.3 is 6.18 Å². The number of hydrogen-bond donors (Lipinski definition) is 2. The summed E-state index contributed by atoms with van der Waals surface area (Å²) in [5.74, 6) is 0.379. The lowest BCUT2D eigenvalue weighted by molar-refractivity contribution is -0.149. The van der Waals surface area contributed by atoms with E-state index in [2.05, 4.69) is 27.1 Å². The summed E-state index contributed by atoms with van der Waals surface area (Å²) in [7, 11) is 0. The second-order valence-electron chi connectivity index (χ2n) is 10.2. The normalized spacial score (nSPS) is 22.7. The molecule has 0 amide bonds. The fourth-order valence-electron chi connectivity index (χ4n) is 4.55. The number of hydrogen-bond acceptors (Lipinski definition) is 8. The summed E-state index contributed by atoms with van der Waals surface area (Å²) >= 11 is 0. The molecule has 1 aliphatic heterocycles. The predicted molar refractivity (Wildman–Crippen MR) is 122 cm³/mol. The number of aromatic nitrogens is 5. The van der Waals surface area contributed by atoms with Crippen molar-refractivity contribution in [3.63, 3.8) is 0 Å². The molecule has 2 aromatic heterocycles. The molecule has 3 N–H and O–H groups in total. The van der Waals surface area contributed by atoms with Crippen molar-refractivity contribution in [1.29, 1.82) is 5.41 Å². The molecule has 2 aromatic rings. The van der Waals surface area contributed by atoms with Crippen molar-refractivity contribution in [3.8, 4) is 0 Å². The Morgan fingerprint density at radius 1 is 1.20 bits per heavy atom. The molecule has 186 valence electrons. The molecule has 0 aromatic carbocycles. The molecule has 1 unspecified atom stereocenters. The summed E-state index contributed by atoms with van der Waals surface area (Å²) in [5, 5.41) is 16.0. The van der Waals surface area contributed by atoms with E-state index in [0.29, 0.717) is 29.3 Å². The molecular weight excluding hydrogens is 461 g/mol. The number of rotatable bonds is 5. The second kappa shape index (κ2) is 7.87. The zero-order valence-corrected chi connectivity index (χ0v) is 19.7. The van der Waals surface area contributed by atoms with E-state index in [-0.39, 0.29) is 36.3 Å². The first-order valence-electron chi connectivity index (χ1n) is 11.4. The van der Waals surface area contributed by atoms with Crippen molar-refractivity contribution in [2.24, 2.45) is 5.73 Å². The number of nitrogens with one attached hydrogen (secondary N) is 1. The summed E-state index contributed by atoms with van der Waals surface area (Å²) in [6.45, 7) is 5.79. The highest BCUT2D eigenvalue weighted by Crippen LogP contribution is 2.41. The zero-order valence-electron chi connectivity index (χ0n) is 19.7. The summed E-state index contributed by atoms with van der Waals surface area (Å²) in [6.07, 6.45) is 3.04. The monoisotopic (exact) mass is 488 g/mol. The first kappa shape index (κ1) is 23.5. The van der Waals surface area contributed by atoms with E-state index in [0.717, 1.165) is 17.4 Å². The number of ether oxygens (including phenoxy) is 1. The first-order valence-corrected chi connectivity index (χ1v) is 11.4. The van der Waals surface area contributed by atoms with Gasteiger partial charge in [0.15, 0.2) is 5.82 Å². The molecule has 2 aliphatic carbocycles. The van der Waals surface area contributed by atoms with Crippen LogP contribution in [0.3, 0.4) is 0 Å². The summed E-state index contributed by atoms with van der Waals surface area (Å²) in [5.41, 5.74) is 6.36. The van der Waals surface area contributed by atoms with Crippen molar-refractivity contribution in [1.82, 2.24) is 24.7 Å². The van der Waals surface area contributed by atoms with Gasteiger partial charge in [0.25, 0.3) is 0 Å². The van der Waals surface area contributed by atoms with E-state index in [4.69, 9.17) is 15.9 Å². The van der Waals surface area contributed by atoms with Gasteiger partial charge in [-0.25, -0.2) is 9.97 Å². The Kier molecular flexibility index (Phi) is 5.28. The van der Waals surface area contributed by atoms with Gasteiger partial charge in [-0.05, 0) is 57.8 Å². The van der Waals surface area contributed by atoms with Crippen LogP contribution in [0, 0.1) is 5.41 Å². The molecule has 9 nitrogen and oxygen atoms in total. The molecule has 0 bridgehead atoms. The average molecular weight is 489 g/mol. The van der Waals surface area contributed by atoms with Crippen molar-refractivity contribution in [2.45, 2.75) is 69.9 Å². The minimum atomic E-state index is -4.59. The van der Waals surface area contributed by atoms with Crippen LogP contribution in [0.2, 0.25) is 0 Å². The maximum atomic E-state index is 13.4. The van der Waals surface area contributed by atoms with E-state index in [1.54, 1.807) is 26.0 Å². The maximum Gasteiger partial charge on any atom is 0.451 e. The molecule has 35 heavy (non-hydrogen) atoms. The molecule has 12 heteroatoms. The van der Waals surface area contributed by atoms with E-state index in [1.165, 1.54) is 6.33 Å². The van der Waals surface area contributed by atoms with Crippen LogP contribution < -0.4 is 10.6 Å². The van der Waals surface area contributed by atoms with Gasteiger partial charge in [-0.1, -0.05) is 0 Å². The molecule has 1 saturated carbocycles. The Morgan fingerprint density at radius 2 is 1.94 bits per heavy atom. The molecule has 0 saturated heterocycles. The summed E-state index contributed by atoms with van der Waals surface area (Å²) in [4.78, 5) is 10.4. The van der Waals surface area contributed by atoms with E-state index in [1.807, 2.05) is 11.0 Å². The van der Waals surface area contributed by atoms with Crippen molar-refractivity contribution < 1.29 is 17.9 Å². The third-order valence-electron chi connectivity index (χ3n) is 6.61. The number of nitrogens with two attached hydrogens (primary N) is 1. The lowest BCUT2D eigenvalue weighted by Gasteiger charge is -2.40. The van der Waals surface area contributed by atoms with Crippen LogP contribution in [0.5, 0.6) is 0 Å². The highest BCUT2D eigenvalue weighted by atomic mass is 19.4. The third kappa shape index (κ3) is 4.42. The van der Waals surface area contributed by atoms with Gasteiger partial charge < -0.3 is 15.4 Å². The molecule has 0 spiro atoms. The van der Waals surface area contributed by atoms with E-state index in [9.17, 15) is 13.2 Å². The van der Waals surface area contributed by atoms with Crippen molar-refractivity contribution >= 4 is 11.5 Å². The summed E-state index contributed by atoms with van der Waals surface area (Å²) < 4.78 is 47.5. The molecule has 0 radical (unpaired) electrons. The first-order chi connectivity index (χ1) is 16.4. The lowest BCUT2D eigenvalue weighted by atomic mass is 9.93. The van der Waals surface area contributed by atoms with Gasteiger partial charge in [0.2, 0.25) is 5.82 Å². The van der Waals surface area contributed by atoms with Crippen LogP contribution in [0.1, 0.15) is 57.4 Å². The van der Waals surface area contributed by atoms with Crippen LogP contribution in [-0.4, -0.2) is 48.6 Å². The van der Waals surface area contributed by atoms with Crippen molar-refractivity contribution in [3.05, 3.63) is 53.2 Å². The van der Waals surface area contributed by atoms with Gasteiger partial charge in [-0.2, -0.15) is 13.2 Å². The fraction of sp³-hybridized carbons (Fsp3) is 0.522. The Labute approximate surface area is 200 Å². The summed E-state index contributed by atoms with van der Waals surface area (Å²) in [6, 6.07) is 1.29. The smallest absolute Gasteiger partial charge is 0.451 e. The standard InChI is InChI=1S/C23H27F3N8O/c1-21(2)11-33(10-18-31-32-20(34(18)21)23(24,25)26)17-9-16(29-12-30-17)19(28)14-8-13(4-5-15(14)27)35-22(3)6-7-22/h4,8-9,12,15,28H,5-7,10-11,27H2,1-3H3. The Hall–Kier alpha value is -3.28. The minimum absolute atomic E-state index is 0.0951. The highest BCUT2D eigenvalue weighted by Gasteiger charge is 2.45. The number of allylic oxidation sites excluding steroid dienone is 1. The number of halogens is 3. The van der Waals surface area contributed by atoms with Crippen LogP contribution in [-0.2, 0) is 23.0 Å². The Morgan fingerprint density at radius 3 is 2.63 bits per heavy atom. The maximum absolute atomic E-state index is 13.4. The van der Waals surface area contributed by atoms with Gasteiger partial charge in [-0.3, -0.25) is 9.98 Å². The average Bonchev–Trinajstić information content (AvgIpc) is 3.32. The van der Waals surface area contributed by atoms with Gasteiger partial charge in [0.05, 0.1) is 23.5 Å².